The fourth-order valence-corrected chi connectivity index (χ4v) is 2.77. The lowest BCUT2D eigenvalue weighted by molar-refractivity contribution is 0.296. The lowest BCUT2D eigenvalue weighted by Crippen LogP contribution is -2.22. The number of rotatable bonds is 7. The van der Waals surface area contributed by atoms with E-state index in [1.165, 1.54) is 11.1 Å². The highest BCUT2D eigenvalue weighted by atomic mass is 15.3. The van der Waals surface area contributed by atoms with Crippen molar-refractivity contribution in [2.75, 3.05) is 24.1 Å². The Kier molecular flexibility index (Phi) is 5.14. The van der Waals surface area contributed by atoms with Gasteiger partial charge in [0.1, 0.15) is 5.82 Å². The third-order valence-electron chi connectivity index (χ3n) is 4.40. The van der Waals surface area contributed by atoms with Crippen LogP contribution in [0.25, 0.3) is 11.0 Å². The summed E-state index contributed by atoms with van der Waals surface area (Å²) >= 11 is 0. The van der Waals surface area contributed by atoms with Gasteiger partial charge in [0.15, 0.2) is 5.65 Å². The second-order valence-corrected chi connectivity index (χ2v) is 6.07. The zero-order valence-corrected chi connectivity index (χ0v) is 15.0. The van der Waals surface area contributed by atoms with Gasteiger partial charge in [-0.3, -0.25) is 9.58 Å². The van der Waals surface area contributed by atoms with Gasteiger partial charge in [-0.2, -0.15) is 15.1 Å². The van der Waals surface area contributed by atoms with E-state index in [2.05, 4.69) is 63.4 Å². The van der Waals surface area contributed by atoms with Crippen LogP contribution in [0.2, 0.25) is 0 Å². The number of nitrogens with one attached hydrogen (secondary N) is 1. The van der Waals surface area contributed by atoms with Crippen molar-refractivity contribution in [3.63, 3.8) is 0 Å². The van der Waals surface area contributed by atoms with Crippen LogP contribution in [-0.2, 0) is 20.1 Å². The molecule has 1 aromatic carbocycles. The standard InChI is InChI=1S/C18H25N7/c1-4-25(5-2)12-14-8-6-13(7-9-14)10-20-18-22-16(19)15-11-21-24(3)17(15)23-18/h6-9,11H,4-5,10,12H2,1-3H3,(H3,19,20,22,23). The maximum atomic E-state index is 5.98. The van der Waals surface area contributed by atoms with E-state index in [1.807, 2.05) is 7.05 Å². The van der Waals surface area contributed by atoms with Gasteiger partial charge in [-0.05, 0) is 24.2 Å². The topological polar surface area (TPSA) is 84.9 Å². The second kappa shape index (κ2) is 7.48. The largest absolute Gasteiger partial charge is 0.383 e. The maximum absolute atomic E-state index is 5.98. The van der Waals surface area contributed by atoms with E-state index < -0.39 is 0 Å². The van der Waals surface area contributed by atoms with Crippen molar-refractivity contribution in [3.8, 4) is 0 Å². The molecule has 0 aliphatic heterocycles. The number of aromatic nitrogens is 4. The molecule has 3 N–H and O–H groups in total. The molecule has 2 heterocycles. The van der Waals surface area contributed by atoms with E-state index in [9.17, 15) is 0 Å². The molecule has 0 aliphatic carbocycles. The van der Waals surface area contributed by atoms with Gasteiger partial charge < -0.3 is 11.1 Å². The summed E-state index contributed by atoms with van der Waals surface area (Å²) in [4.78, 5) is 11.2. The molecule has 0 bridgehead atoms. The lowest BCUT2D eigenvalue weighted by Gasteiger charge is -2.18. The molecule has 0 fully saturated rings. The summed E-state index contributed by atoms with van der Waals surface area (Å²) in [6.07, 6.45) is 1.68. The molecule has 3 aromatic rings. The SMILES string of the molecule is CCN(CC)Cc1ccc(CNc2nc(N)c3cnn(C)c3n2)cc1. The zero-order valence-electron chi connectivity index (χ0n) is 15.0. The van der Waals surface area contributed by atoms with Crippen molar-refractivity contribution >= 4 is 22.8 Å². The van der Waals surface area contributed by atoms with E-state index in [-0.39, 0.29) is 0 Å². The molecule has 2 aromatic heterocycles. The minimum absolute atomic E-state index is 0.440. The van der Waals surface area contributed by atoms with Crippen LogP contribution in [0, 0.1) is 0 Å². The van der Waals surface area contributed by atoms with Gasteiger partial charge in [0, 0.05) is 20.1 Å². The third-order valence-corrected chi connectivity index (χ3v) is 4.40. The van der Waals surface area contributed by atoms with Crippen LogP contribution in [-0.4, -0.2) is 37.7 Å². The van der Waals surface area contributed by atoms with E-state index in [1.54, 1.807) is 10.9 Å². The average Bonchev–Trinajstić information content (AvgIpc) is 3.00. The number of anilines is 2. The smallest absolute Gasteiger partial charge is 0.226 e. The zero-order chi connectivity index (χ0) is 17.8. The summed E-state index contributed by atoms with van der Waals surface area (Å²) in [7, 11) is 1.84. The minimum atomic E-state index is 0.440. The molecule has 0 amide bonds. The van der Waals surface area contributed by atoms with Crippen molar-refractivity contribution in [2.45, 2.75) is 26.9 Å². The number of aryl methyl sites for hydroxylation is 1. The van der Waals surface area contributed by atoms with E-state index >= 15 is 0 Å². The van der Waals surface area contributed by atoms with Gasteiger partial charge in [0.05, 0.1) is 11.6 Å². The Morgan fingerprint density at radius 2 is 1.76 bits per heavy atom. The Morgan fingerprint density at radius 3 is 2.44 bits per heavy atom. The van der Waals surface area contributed by atoms with Crippen LogP contribution < -0.4 is 11.1 Å². The Labute approximate surface area is 147 Å². The average molecular weight is 339 g/mol. The number of nitrogen functional groups attached to an aromatic ring is 1. The number of nitrogens with zero attached hydrogens (tertiary/aromatic N) is 5. The van der Waals surface area contributed by atoms with Crippen molar-refractivity contribution < 1.29 is 0 Å². The third kappa shape index (κ3) is 3.88. The number of hydrogen-bond acceptors (Lipinski definition) is 6. The van der Waals surface area contributed by atoms with Crippen LogP contribution in [0.4, 0.5) is 11.8 Å². The predicted octanol–water partition coefficient (Wildman–Crippen LogP) is 2.40. The molecular weight excluding hydrogens is 314 g/mol. The molecule has 0 saturated heterocycles. The molecule has 7 nitrogen and oxygen atoms in total. The van der Waals surface area contributed by atoms with Crippen molar-refractivity contribution in [3.05, 3.63) is 41.6 Å². The fourth-order valence-electron chi connectivity index (χ4n) is 2.77. The highest BCUT2D eigenvalue weighted by Crippen LogP contribution is 2.18. The molecule has 132 valence electrons. The van der Waals surface area contributed by atoms with Gasteiger partial charge in [-0.25, -0.2) is 0 Å². The van der Waals surface area contributed by atoms with Crippen LogP contribution in [0.1, 0.15) is 25.0 Å². The number of fused-ring (bicyclic) bond motifs is 1. The minimum Gasteiger partial charge on any atom is -0.383 e. The lowest BCUT2D eigenvalue weighted by atomic mass is 10.1. The molecule has 3 rings (SSSR count). The summed E-state index contributed by atoms with van der Waals surface area (Å²) in [5, 5.41) is 8.18. The Morgan fingerprint density at radius 1 is 1.08 bits per heavy atom. The molecule has 0 saturated carbocycles. The quantitative estimate of drug-likeness (QED) is 0.687. The molecule has 0 radical (unpaired) electrons. The summed E-state index contributed by atoms with van der Waals surface area (Å²) in [6, 6.07) is 8.62. The number of hydrogen-bond donors (Lipinski definition) is 2. The normalized spacial score (nSPS) is 11.4. The van der Waals surface area contributed by atoms with Crippen molar-refractivity contribution in [1.29, 1.82) is 0 Å². The fraction of sp³-hybridized carbons (Fsp3) is 0.389. The first-order valence-electron chi connectivity index (χ1n) is 8.60. The van der Waals surface area contributed by atoms with Gasteiger partial charge in [-0.1, -0.05) is 38.1 Å². The van der Waals surface area contributed by atoms with Gasteiger partial charge >= 0.3 is 0 Å². The number of benzene rings is 1. The van der Waals surface area contributed by atoms with Crippen LogP contribution in [0.5, 0.6) is 0 Å². The van der Waals surface area contributed by atoms with Crippen molar-refractivity contribution in [2.24, 2.45) is 7.05 Å². The summed E-state index contributed by atoms with van der Waals surface area (Å²) in [5.41, 5.74) is 9.21. The molecular formula is C18H25N7. The van der Waals surface area contributed by atoms with E-state index in [0.29, 0.717) is 18.3 Å². The molecule has 0 unspecified atom stereocenters. The van der Waals surface area contributed by atoms with Crippen molar-refractivity contribution in [1.82, 2.24) is 24.6 Å². The first kappa shape index (κ1) is 17.2. The predicted molar refractivity (Wildman–Crippen MR) is 101 cm³/mol. The summed E-state index contributed by atoms with van der Waals surface area (Å²) in [5.74, 6) is 0.955. The number of nitrogens with two attached hydrogens (primary N) is 1. The Hall–Kier alpha value is -2.67. The van der Waals surface area contributed by atoms with Crippen LogP contribution in [0.3, 0.4) is 0 Å². The van der Waals surface area contributed by atoms with E-state index in [4.69, 9.17) is 5.73 Å². The van der Waals surface area contributed by atoms with Gasteiger partial charge in [-0.15, -0.1) is 0 Å². The van der Waals surface area contributed by atoms with E-state index in [0.717, 1.165) is 30.7 Å². The molecule has 0 aliphatic rings. The first-order valence-corrected chi connectivity index (χ1v) is 8.60. The molecule has 0 atom stereocenters. The molecule has 0 spiro atoms. The monoisotopic (exact) mass is 339 g/mol. The van der Waals surface area contributed by atoms with Gasteiger partial charge in [0.25, 0.3) is 0 Å². The Balaban J connectivity index is 1.66. The first-order chi connectivity index (χ1) is 12.1. The highest BCUT2D eigenvalue weighted by molar-refractivity contribution is 5.86. The molecule has 7 heteroatoms. The van der Waals surface area contributed by atoms with Crippen LogP contribution in [0.15, 0.2) is 30.5 Å². The summed E-state index contributed by atoms with van der Waals surface area (Å²) < 4.78 is 1.70. The molecule has 25 heavy (non-hydrogen) atoms. The maximum Gasteiger partial charge on any atom is 0.226 e. The Bertz CT molecular complexity index is 835. The summed E-state index contributed by atoms with van der Waals surface area (Å²) in [6.45, 7) is 8.13. The second-order valence-electron chi connectivity index (χ2n) is 6.07. The van der Waals surface area contributed by atoms with Gasteiger partial charge in [0.2, 0.25) is 5.95 Å². The highest BCUT2D eigenvalue weighted by Gasteiger charge is 2.09. The van der Waals surface area contributed by atoms with Crippen LogP contribution >= 0.6 is 0 Å².